The number of halogens is 1. The number of hydrogen-bond donors (Lipinski definition) is 2. The summed E-state index contributed by atoms with van der Waals surface area (Å²) in [6, 6.07) is 8.03. The number of anilines is 1. The standard InChI is InChI=1S/C17H16ClN5O4S/c1-23-16(19)22-17(9-28(23,25)26)8-27-14-5-3-11(6-12(14)17)21-15(24)13-4-2-10(18)7-20-13/h2-7H,8-9H2,1H3,(H2,19,22)(H,21,24)/t17-/m0/s1. The van der Waals surface area contributed by atoms with Crippen LogP contribution in [0.2, 0.25) is 5.02 Å². The Morgan fingerprint density at radius 3 is 2.82 bits per heavy atom. The van der Waals surface area contributed by atoms with Crippen LogP contribution in [-0.4, -0.2) is 49.0 Å². The molecule has 0 bridgehead atoms. The number of aliphatic imine (C=N–C) groups is 1. The second kappa shape index (κ2) is 6.35. The lowest BCUT2D eigenvalue weighted by molar-refractivity contribution is 0.102. The summed E-state index contributed by atoms with van der Waals surface area (Å²) in [5.74, 6) is -0.314. The van der Waals surface area contributed by atoms with Crippen molar-refractivity contribution in [3.05, 3.63) is 52.8 Å². The number of guanidine groups is 1. The van der Waals surface area contributed by atoms with Gasteiger partial charge in [-0.05, 0) is 30.3 Å². The van der Waals surface area contributed by atoms with E-state index < -0.39 is 21.5 Å². The molecule has 2 aromatic rings. The van der Waals surface area contributed by atoms with Crippen LogP contribution in [0.25, 0.3) is 0 Å². The van der Waals surface area contributed by atoms with Crippen molar-refractivity contribution in [1.82, 2.24) is 9.29 Å². The maximum absolute atomic E-state index is 12.5. The third kappa shape index (κ3) is 3.04. The summed E-state index contributed by atoms with van der Waals surface area (Å²) in [5, 5.41) is 3.15. The van der Waals surface area contributed by atoms with Crippen molar-refractivity contribution in [2.75, 3.05) is 24.7 Å². The summed E-state index contributed by atoms with van der Waals surface area (Å²) in [5.41, 5.74) is 5.87. The van der Waals surface area contributed by atoms with E-state index in [4.69, 9.17) is 22.1 Å². The fourth-order valence-corrected chi connectivity index (χ4v) is 4.69. The van der Waals surface area contributed by atoms with Crippen molar-refractivity contribution in [2.24, 2.45) is 10.7 Å². The van der Waals surface area contributed by atoms with Crippen molar-refractivity contribution in [3.8, 4) is 5.75 Å². The van der Waals surface area contributed by atoms with E-state index >= 15 is 0 Å². The first-order valence-electron chi connectivity index (χ1n) is 8.22. The second-order valence-corrected chi connectivity index (χ2v) is 8.98. The van der Waals surface area contributed by atoms with Crippen LogP contribution >= 0.6 is 11.6 Å². The molecule has 11 heteroatoms. The molecule has 146 valence electrons. The summed E-state index contributed by atoms with van der Waals surface area (Å²) in [7, 11) is -2.29. The lowest BCUT2D eigenvalue weighted by Gasteiger charge is -2.33. The van der Waals surface area contributed by atoms with E-state index in [9.17, 15) is 13.2 Å². The fraction of sp³-hybridized carbons (Fsp3) is 0.235. The van der Waals surface area contributed by atoms with Gasteiger partial charge in [0, 0.05) is 24.5 Å². The molecule has 2 aliphatic heterocycles. The molecule has 3 heterocycles. The third-order valence-corrected chi connectivity index (χ3v) is 6.74. The van der Waals surface area contributed by atoms with Crippen molar-refractivity contribution in [3.63, 3.8) is 0 Å². The van der Waals surface area contributed by atoms with Crippen molar-refractivity contribution in [2.45, 2.75) is 5.54 Å². The van der Waals surface area contributed by atoms with Gasteiger partial charge in [0.2, 0.25) is 16.0 Å². The van der Waals surface area contributed by atoms with E-state index in [1.165, 1.54) is 19.3 Å². The van der Waals surface area contributed by atoms with Crippen LogP contribution in [0.15, 0.2) is 41.5 Å². The van der Waals surface area contributed by atoms with Gasteiger partial charge in [0.05, 0.1) is 5.02 Å². The first kappa shape index (κ1) is 18.5. The summed E-state index contributed by atoms with van der Waals surface area (Å²) in [6.45, 7) is 0.0479. The molecule has 3 N–H and O–H groups in total. The van der Waals surface area contributed by atoms with Crippen LogP contribution in [0, 0.1) is 0 Å². The summed E-state index contributed by atoms with van der Waals surface area (Å²) >= 11 is 5.78. The smallest absolute Gasteiger partial charge is 0.274 e. The minimum Gasteiger partial charge on any atom is -0.490 e. The highest BCUT2D eigenvalue weighted by Crippen LogP contribution is 2.44. The normalized spacial score (nSPS) is 22.4. The molecule has 0 saturated heterocycles. The molecule has 0 saturated carbocycles. The van der Waals surface area contributed by atoms with E-state index in [1.54, 1.807) is 24.3 Å². The van der Waals surface area contributed by atoms with E-state index in [0.717, 1.165) is 4.31 Å². The van der Waals surface area contributed by atoms with Gasteiger partial charge in [0.25, 0.3) is 5.91 Å². The number of hydrogen-bond acceptors (Lipinski definition) is 7. The molecular weight excluding hydrogens is 406 g/mol. The average molecular weight is 422 g/mol. The summed E-state index contributed by atoms with van der Waals surface area (Å²) < 4.78 is 31.5. The predicted molar refractivity (Wildman–Crippen MR) is 104 cm³/mol. The van der Waals surface area contributed by atoms with Gasteiger partial charge in [-0.15, -0.1) is 0 Å². The van der Waals surface area contributed by atoms with Gasteiger partial charge in [0.1, 0.15) is 29.3 Å². The zero-order chi connectivity index (χ0) is 20.1. The molecule has 9 nitrogen and oxygen atoms in total. The zero-order valence-corrected chi connectivity index (χ0v) is 16.3. The van der Waals surface area contributed by atoms with Crippen LogP contribution in [0.4, 0.5) is 5.69 Å². The molecule has 0 aliphatic carbocycles. The zero-order valence-electron chi connectivity index (χ0n) is 14.7. The second-order valence-electron chi connectivity index (χ2n) is 6.54. The Morgan fingerprint density at radius 1 is 1.36 bits per heavy atom. The molecule has 0 radical (unpaired) electrons. The number of pyridine rings is 1. The SMILES string of the molecule is CN1C(N)=N[C@@]2(COc3ccc(NC(=O)c4ccc(Cl)cn4)cc32)CS1(=O)=O. The number of amides is 1. The highest BCUT2D eigenvalue weighted by Gasteiger charge is 2.49. The third-order valence-electron chi connectivity index (χ3n) is 4.65. The van der Waals surface area contributed by atoms with Crippen LogP contribution in [0.5, 0.6) is 5.75 Å². The number of sulfonamides is 1. The molecule has 2 aliphatic rings. The molecule has 0 unspecified atom stereocenters. The Morgan fingerprint density at radius 2 is 2.14 bits per heavy atom. The maximum atomic E-state index is 12.5. The Balaban J connectivity index is 1.68. The highest BCUT2D eigenvalue weighted by atomic mass is 35.5. The Hall–Kier alpha value is -2.85. The minimum absolute atomic E-state index is 0.0479. The summed E-state index contributed by atoms with van der Waals surface area (Å²) in [6.07, 6.45) is 1.38. The van der Waals surface area contributed by atoms with Crippen molar-refractivity contribution in [1.29, 1.82) is 0 Å². The lowest BCUT2D eigenvalue weighted by Crippen LogP contribution is -2.52. The topological polar surface area (TPSA) is 127 Å². The largest absolute Gasteiger partial charge is 0.490 e. The summed E-state index contributed by atoms with van der Waals surface area (Å²) in [4.78, 5) is 20.8. The predicted octanol–water partition coefficient (Wildman–Crippen LogP) is 1.16. The first-order valence-corrected chi connectivity index (χ1v) is 10.2. The van der Waals surface area contributed by atoms with E-state index in [1.807, 2.05) is 0 Å². The van der Waals surface area contributed by atoms with Crippen LogP contribution in [-0.2, 0) is 15.6 Å². The van der Waals surface area contributed by atoms with E-state index in [0.29, 0.717) is 22.0 Å². The van der Waals surface area contributed by atoms with Crippen molar-refractivity contribution < 1.29 is 17.9 Å². The number of aromatic nitrogens is 1. The number of benzene rings is 1. The van der Waals surface area contributed by atoms with Gasteiger partial charge in [-0.25, -0.2) is 22.7 Å². The average Bonchev–Trinajstić information content (AvgIpc) is 2.97. The Labute approximate surface area is 166 Å². The lowest BCUT2D eigenvalue weighted by atomic mass is 9.94. The van der Waals surface area contributed by atoms with E-state index in [-0.39, 0.29) is 24.0 Å². The number of rotatable bonds is 2. The molecule has 1 spiro atoms. The molecule has 4 rings (SSSR count). The molecule has 1 aromatic carbocycles. The molecule has 1 atom stereocenters. The number of nitrogens with zero attached hydrogens (tertiary/aromatic N) is 3. The molecular formula is C17H16ClN5O4S. The number of carbonyl (C=O) groups excluding carboxylic acids is 1. The molecule has 1 amide bonds. The van der Waals surface area contributed by atoms with Gasteiger partial charge in [-0.2, -0.15) is 0 Å². The number of carbonyl (C=O) groups is 1. The number of ether oxygens (including phenoxy) is 1. The molecule has 1 aromatic heterocycles. The minimum atomic E-state index is -3.64. The van der Waals surface area contributed by atoms with Crippen LogP contribution in [0.3, 0.4) is 0 Å². The maximum Gasteiger partial charge on any atom is 0.274 e. The van der Waals surface area contributed by atoms with Crippen LogP contribution < -0.4 is 15.8 Å². The Kier molecular flexibility index (Phi) is 4.20. The van der Waals surface area contributed by atoms with Crippen molar-refractivity contribution >= 4 is 39.2 Å². The first-order chi connectivity index (χ1) is 13.2. The fourth-order valence-electron chi connectivity index (χ4n) is 3.15. The monoisotopic (exact) mass is 421 g/mol. The quantitative estimate of drug-likeness (QED) is 0.749. The number of nitrogens with two attached hydrogens (primary N) is 1. The van der Waals surface area contributed by atoms with Gasteiger partial charge in [-0.3, -0.25) is 4.79 Å². The molecule has 28 heavy (non-hydrogen) atoms. The van der Waals surface area contributed by atoms with Gasteiger partial charge in [0.15, 0.2) is 0 Å². The Bertz CT molecular complexity index is 1100. The number of nitrogens with one attached hydrogen (secondary N) is 1. The highest BCUT2D eigenvalue weighted by molar-refractivity contribution is 7.89. The molecule has 0 fully saturated rings. The van der Waals surface area contributed by atoms with Gasteiger partial charge in [-0.1, -0.05) is 11.6 Å². The van der Waals surface area contributed by atoms with Gasteiger partial charge < -0.3 is 15.8 Å². The van der Waals surface area contributed by atoms with Crippen LogP contribution in [0.1, 0.15) is 16.1 Å². The number of fused-ring (bicyclic) bond motifs is 2. The van der Waals surface area contributed by atoms with Gasteiger partial charge >= 0.3 is 0 Å². The van der Waals surface area contributed by atoms with E-state index in [2.05, 4.69) is 15.3 Å².